The van der Waals surface area contributed by atoms with Crippen molar-refractivity contribution in [3.05, 3.63) is 4.91 Å². The van der Waals surface area contributed by atoms with Gasteiger partial charge in [0, 0.05) is 0 Å². The molecule has 0 aliphatic heterocycles. The van der Waals surface area contributed by atoms with Crippen LogP contribution in [-0.2, 0) is 45.3 Å². The molecule has 0 heterocycles. The van der Waals surface area contributed by atoms with E-state index in [1.54, 1.807) is 0 Å². The van der Waals surface area contributed by atoms with E-state index in [0.29, 0.717) is 0 Å². The Bertz CT molecular complexity index is 274. The predicted molar refractivity (Wildman–Crippen MR) is 15.9 cm³/mol. The Morgan fingerprint density at radius 3 is 1.17 bits per heavy atom. The van der Waals surface area contributed by atoms with E-state index in [-0.39, 0.29) is 0 Å². The van der Waals surface area contributed by atoms with Gasteiger partial charge in [-0.2, -0.15) is 0 Å². The van der Waals surface area contributed by atoms with Gasteiger partial charge in [-0.1, -0.05) is 0 Å². The first-order chi connectivity index (χ1) is 5.12. The summed E-state index contributed by atoms with van der Waals surface area (Å²) in [7, 11) is 0. The standard InChI is InChI=1S/2Cr.HNO2.2H2O.5O/c;;2-1-3;;;;;;;/h;;(H,2,3);2*1H2;;;;;/q2*+1;;;;;;;;/p-2. The average Bonchev–Trinajstić information content (AvgIpc) is 1.53. The van der Waals surface area contributed by atoms with E-state index in [4.69, 9.17) is 18.4 Å². The molecule has 0 aromatic heterocycles. The summed E-state index contributed by atoms with van der Waals surface area (Å²) >= 11 is -11.5. The van der Waals surface area contributed by atoms with Crippen LogP contribution in [-0.4, -0.2) is 13.5 Å². The molecule has 3 N–H and O–H groups in total. The minimum atomic E-state index is -5.76. The van der Waals surface area contributed by atoms with Crippen LogP contribution in [0.3, 0.4) is 0 Å². The molecular formula is H3Cr2NO9. The van der Waals surface area contributed by atoms with Crippen molar-refractivity contribution in [1.29, 1.82) is 0 Å². The second-order valence-corrected chi connectivity index (χ2v) is 4.77. The molecule has 0 radical (unpaired) electrons. The van der Waals surface area contributed by atoms with Crippen molar-refractivity contribution in [3.8, 4) is 0 Å². The Morgan fingerprint density at radius 1 is 1.00 bits per heavy atom. The van der Waals surface area contributed by atoms with Gasteiger partial charge in [-0.15, -0.1) is 4.91 Å². The molecule has 0 spiro atoms. The van der Waals surface area contributed by atoms with Crippen molar-refractivity contribution in [2.24, 2.45) is 5.34 Å². The monoisotopic (exact) mass is 265 g/mol. The third-order valence-corrected chi connectivity index (χ3v) is 2.92. The van der Waals surface area contributed by atoms with Crippen molar-refractivity contribution in [3.63, 3.8) is 0 Å². The molecule has 0 amide bonds. The van der Waals surface area contributed by atoms with Crippen LogP contribution >= 0.6 is 0 Å². The first-order valence-electron chi connectivity index (χ1n) is 1.75. The predicted octanol–water partition coefficient (Wildman–Crippen LogP) is -1.52. The molecule has 0 fully saturated rings. The van der Waals surface area contributed by atoms with Crippen LogP contribution < -0.4 is 0 Å². The van der Waals surface area contributed by atoms with Gasteiger partial charge in [0.1, 0.15) is 0 Å². The molecule has 0 saturated carbocycles. The molecule has 12 heavy (non-hydrogen) atoms. The van der Waals surface area contributed by atoms with Crippen molar-refractivity contribution < 1.29 is 58.8 Å². The van der Waals surface area contributed by atoms with Crippen LogP contribution in [0, 0.1) is 4.91 Å². The van der Waals surface area contributed by atoms with Gasteiger partial charge in [0.05, 0.1) is 0 Å². The fraction of sp³-hybridized carbons (Fsp3) is 0. The van der Waals surface area contributed by atoms with Gasteiger partial charge in [-0.3, -0.25) is 0 Å². The molecule has 0 atom stereocenters. The van der Waals surface area contributed by atoms with Crippen LogP contribution in [0.15, 0.2) is 5.34 Å². The van der Waals surface area contributed by atoms with Crippen molar-refractivity contribution >= 4 is 0 Å². The molecule has 74 valence electrons. The second kappa shape index (κ2) is 5.24. The fourth-order valence-electron chi connectivity index (χ4n) is 0.109. The topological polar surface area (TPSA) is 168 Å². The van der Waals surface area contributed by atoms with E-state index in [0.717, 1.165) is 0 Å². The molecule has 0 aliphatic rings. The van der Waals surface area contributed by atoms with E-state index in [1.165, 1.54) is 5.34 Å². The number of hydrogen-bond donors (Lipinski definition) is 3. The first-order valence-corrected chi connectivity index (χ1v) is 6.01. The molecule has 0 aromatic carbocycles. The van der Waals surface area contributed by atoms with Gasteiger partial charge >= 0.3 is 53.6 Å². The third kappa shape index (κ3) is 22.7. The summed E-state index contributed by atoms with van der Waals surface area (Å²) in [5.74, 6) is 0. The summed E-state index contributed by atoms with van der Waals surface area (Å²) in [6, 6.07) is 0. The van der Waals surface area contributed by atoms with Crippen LogP contribution in [0.25, 0.3) is 0 Å². The summed E-state index contributed by atoms with van der Waals surface area (Å²) in [5.41, 5.74) is 0. The van der Waals surface area contributed by atoms with Crippen LogP contribution in [0.2, 0.25) is 0 Å². The zero-order valence-corrected chi connectivity index (χ0v) is 7.60. The molecule has 12 heteroatoms. The van der Waals surface area contributed by atoms with Gasteiger partial charge < -0.3 is 5.21 Å². The van der Waals surface area contributed by atoms with Gasteiger partial charge in [0.2, 0.25) is 0 Å². The zero-order chi connectivity index (χ0) is 10.4. The molecular weight excluding hydrogens is 262 g/mol. The van der Waals surface area contributed by atoms with Crippen LogP contribution in [0.5, 0.6) is 0 Å². The Labute approximate surface area is 69.5 Å². The average molecular weight is 265 g/mol. The minimum absolute atomic E-state index is 1.25. The fourth-order valence-corrected chi connectivity index (χ4v) is 1.85. The number of rotatable bonds is 2. The summed E-state index contributed by atoms with van der Waals surface area (Å²) in [6.45, 7) is 0. The van der Waals surface area contributed by atoms with Gasteiger partial charge in [-0.25, -0.2) is 0 Å². The SMILES string of the molecule is O=NO.[O]=[Cr](=[O])([OH])[O][Cr](=[O])(=[O])[OH]. The Morgan fingerprint density at radius 2 is 1.17 bits per heavy atom. The molecule has 0 rings (SSSR count). The molecule has 0 saturated heterocycles. The zero-order valence-electron chi connectivity index (χ0n) is 5.05. The third-order valence-electron chi connectivity index (χ3n) is 0.172. The normalized spacial score (nSPS) is 11.2. The van der Waals surface area contributed by atoms with Crippen molar-refractivity contribution in [1.82, 2.24) is 0 Å². The van der Waals surface area contributed by atoms with E-state index < -0.39 is 27.2 Å². The Hall–Kier alpha value is -0.455. The van der Waals surface area contributed by atoms with E-state index in [9.17, 15) is 15.2 Å². The van der Waals surface area contributed by atoms with E-state index >= 15 is 0 Å². The second-order valence-electron chi connectivity index (χ2n) is 1.01. The molecule has 0 unspecified atom stereocenters. The number of nitrogens with zero attached hydrogens (tertiary/aromatic N) is 1. The van der Waals surface area contributed by atoms with Crippen LogP contribution in [0.4, 0.5) is 0 Å². The summed E-state index contributed by atoms with van der Waals surface area (Å²) in [4.78, 5) is 8.11. The summed E-state index contributed by atoms with van der Waals surface area (Å²) < 4.78 is 56.3. The van der Waals surface area contributed by atoms with Crippen LogP contribution in [0.1, 0.15) is 0 Å². The quantitative estimate of drug-likeness (QED) is 0.396. The molecule has 0 bridgehead atoms. The number of hydrogen-bond acceptors (Lipinski definition) is 7. The summed E-state index contributed by atoms with van der Waals surface area (Å²) in [5, 5.41) is 7.89. The molecule has 10 nitrogen and oxygen atoms in total. The van der Waals surface area contributed by atoms with Gasteiger partial charge in [-0.05, 0) is 0 Å². The van der Waals surface area contributed by atoms with Crippen molar-refractivity contribution in [2.45, 2.75) is 0 Å². The van der Waals surface area contributed by atoms with Gasteiger partial charge in [0.15, 0.2) is 5.34 Å². The maximum atomic E-state index is 9.53. The van der Waals surface area contributed by atoms with Gasteiger partial charge in [0.25, 0.3) is 0 Å². The first kappa shape index (κ1) is 14.1. The Kier molecular flexibility index (Phi) is 6.15. The van der Waals surface area contributed by atoms with E-state index in [1.807, 2.05) is 0 Å². The van der Waals surface area contributed by atoms with Crippen molar-refractivity contribution in [2.75, 3.05) is 0 Å². The van der Waals surface area contributed by atoms with E-state index in [2.05, 4.69) is 2.84 Å². The summed E-state index contributed by atoms with van der Waals surface area (Å²) in [6.07, 6.45) is 0. The maximum absolute atomic E-state index is 9.53. The molecule has 0 aliphatic carbocycles. The molecule has 0 aromatic rings. The Balaban J connectivity index is 0.